The number of nitrogens with zero attached hydrogens (tertiary/aromatic N) is 5. The molecule has 0 spiro atoms. The van der Waals surface area contributed by atoms with E-state index in [-0.39, 0.29) is 17.2 Å². The minimum atomic E-state index is -0.508. The summed E-state index contributed by atoms with van der Waals surface area (Å²) >= 11 is 0. The molecule has 0 amide bonds. The van der Waals surface area contributed by atoms with Gasteiger partial charge in [0, 0.05) is 54.6 Å². The standard InChI is InChI=1S/C26H26FN5O/c1-6-17(7-2)21-15(3)9-8-10-19(21)23-22(27)24-20(11-28-23)25(30-26(29-24)33-5)31-12-16(4)32-14-18(32)13-31/h1,7-11,16,18H,12-14H2,2-5H3/b17-7-. The van der Waals surface area contributed by atoms with Gasteiger partial charge in [-0.3, -0.25) is 9.88 Å². The fourth-order valence-electron chi connectivity index (χ4n) is 4.89. The normalized spacial score (nSPS) is 22.1. The largest absolute Gasteiger partial charge is 0.467 e. The van der Waals surface area contributed by atoms with Gasteiger partial charge >= 0.3 is 6.01 Å². The quantitative estimate of drug-likeness (QED) is 0.448. The molecule has 33 heavy (non-hydrogen) atoms. The van der Waals surface area contributed by atoms with Gasteiger partial charge in [-0.15, -0.1) is 6.42 Å². The molecule has 0 N–H and O–H groups in total. The third kappa shape index (κ3) is 3.51. The molecule has 2 aliphatic rings. The summed E-state index contributed by atoms with van der Waals surface area (Å²) in [5.41, 5.74) is 3.50. The van der Waals surface area contributed by atoms with Gasteiger partial charge in [0.2, 0.25) is 0 Å². The number of hydrogen-bond donors (Lipinski definition) is 0. The molecule has 2 aliphatic heterocycles. The number of fused-ring (bicyclic) bond motifs is 2. The van der Waals surface area contributed by atoms with Crippen molar-refractivity contribution in [1.82, 2.24) is 19.9 Å². The first-order valence-corrected chi connectivity index (χ1v) is 11.1. The van der Waals surface area contributed by atoms with Crippen LogP contribution in [0.15, 0.2) is 30.5 Å². The van der Waals surface area contributed by atoms with Crippen LogP contribution in [0.5, 0.6) is 6.01 Å². The zero-order valence-electron chi connectivity index (χ0n) is 19.3. The first-order chi connectivity index (χ1) is 16.0. The molecule has 3 atom stereocenters. The van der Waals surface area contributed by atoms with E-state index in [2.05, 4.69) is 37.6 Å². The van der Waals surface area contributed by atoms with E-state index in [4.69, 9.17) is 11.2 Å². The van der Waals surface area contributed by atoms with E-state index >= 15 is 4.39 Å². The topological polar surface area (TPSA) is 54.2 Å². The van der Waals surface area contributed by atoms with Crippen molar-refractivity contribution >= 4 is 22.3 Å². The van der Waals surface area contributed by atoms with Gasteiger partial charge in [0.1, 0.15) is 17.0 Å². The Morgan fingerprint density at radius 2 is 2.09 bits per heavy atom. The number of aromatic nitrogens is 3. The maximum Gasteiger partial charge on any atom is 0.318 e. The number of terminal acetylenes is 1. The first kappa shape index (κ1) is 21.4. The fraction of sp³-hybridized carbons (Fsp3) is 0.346. The number of methoxy groups -OCH3 is 1. The third-order valence-electron chi connectivity index (χ3n) is 6.61. The molecule has 2 fully saturated rings. The van der Waals surface area contributed by atoms with Crippen LogP contribution in [0.2, 0.25) is 0 Å². The van der Waals surface area contributed by atoms with Crippen LogP contribution >= 0.6 is 0 Å². The smallest absolute Gasteiger partial charge is 0.318 e. The predicted octanol–water partition coefficient (Wildman–Crippen LogP) is 4.08. The molecule has 0 bridgehead atoms. The molecule has 4 heterocycles. The summed E-state index contributed by atoms with van der Waals surface area (Å²) < 4.78 is 21.4. The van der Waals surface area contributed by atoms with Gasteiger partial charge in [-0.05, 0) is 26.3 Å². The number of pyridine rings is 1. The number of anilines is 1. The summed E-state index contributed by atoms with van der Waals surface area (Å²) in [6.07, 6.45) is 9.27. The minimum Gasteiger partial charge on any atom is -0.467 e. The Morgan fingerprint density at radius 3 is 2.79 bits per heavy atom. The Balaban J connectivity index is 1.70. The highest BCUT2D eigenvalue weighted by Crippen LogP contribution is 2.37. The monoisotopic (exact) mass is 443 g/mol. The zero-order valence-corrected chi connectivity index (χ0v) is 19.3. The highest BCUT2D eigenvalue weighted by Gasteiger charge is 2.44. The maximum atomic E-state index is 16.1. The molecule has 6 nitrogen and oxygen atoms in total. The van der Waals surface area contributed by atoms with E-state index in [9.17, 15) is 0 Å². The van der Waals surface area contributed by atoms with E-state index < -0.39 is 5.82 Å². The van der Waals surface area contributed by atoms with Gasteiger partial charge in [0.15, 0.2) is 5.82 Å². The summed E-state index contributed by atoms with van der Waals surface area (Å²) in [5.74, 6) is 2.87. The third-order valence-corrected chi connectivity index (χ3v) is 6.61. The second kappa shape index (κ2) is 8.13. The lowest BCUT2D eigenvalue weighted by molar-refractivity contribution is 0.353. The molecule has 0 radical (unpaired) electrons. The van der Waals surface area contributed by atoms with Crippen molar-refractivity contribution < 1.29 is 9.13 Å². The summed E-state index contributed by atoms with van der Waals surface area (Å²) in [6, 6.07) is 6.75. The van der Waals surface area contributed by atoms with Crippen molar-refractivity contribution in [3.63, 3.8) is 0 Å². The molecule has 3 unspecified atom stereocenters. The lowest BCUT2D eigenvalue weighted by Crippen LogP contribution is -2.44. The molecular weight excluding hydrogens is 417 g/mol. The van der Waals surface area contributed by atoms with E-state index in [1.165, 1.54) is 7.11 Å². The Hall–Kier alpha value is -3.50. The van der Waals surface area contributed by atoms with Crippen molar-refractivity contribution in [3.8, 4) is 29.6 Å². The molecule has 0 saturated carbocycles. The van der Waals surface area contributed by atoms with Crippen molar-refractivity contribution in [2.45, 2.75) is 32.9 Å². The predicted molar refractivity (Wildman–Crippen MR) is 129 cm³/mol. The molecular formula is C26H26FN5O. The van der Waals surface area contributed by atoms with Crippen molar-refractivity contribution in [2.75, 3.05) is 31.6 Å². The molecule has 0 aliphatic carbocycles. The Kier molecular flexibility index (Phi) is 5.26. The molecule has 2 saturated heterocycles. The van der Waals surface area contributed by atoms with Crippen LogP contribution in [0.3, 0.4) is 0 Å². The average molecular weight is 444 g/mol. The number of halogens is 1. The van der Waals surface area contributed by atoms with Gasteiger partial charge in [0.05, 0.1) is 12.5 Å². The van der Waals surface area contributed by atoms with Gasteiger partial charge in [0.25, 0.3) is 0 Å². The van der Waals surface area contributed by atoms with Crippen LogP contribution < -0.4 is 9.64 Å². The van der Waals surface area contributed by atoms with Gasteiger partial charge in [-0.1, -0.05) is 30.2 Å². The SMILES string of the molecule is C#C/C(=C/C)c1c(C)cccc1-c1ncc2c(N3CC(C)N4CC4C3)nc(OC)nc2c1F. The Labute approximate surface area is 193 Å². The lowest BCUT2D eigenvalue weighted by Gasteiger charge is -2.33. The van der Waals surface area contributed by atoms with Gasteiger partial charge < -0.3 is 9.64 Å². The molecule has 168 valence electrons. The van der Waals surface area contributed by atoms with Crippen molar-refractivity contribution in [2.24, 2.45) is 0 Å². The summed E-state index contributed by atoms with van der Waals surface area (Å²) in [4.78, 5) is 18.2. The highest BCUT2D eigenvalue weighted by molar-refractivity contribution is 5.94. The highest BCUT2D eigenvalue weighted by atomic mass is 19.1. The number of aryl methyl sites for hydroxylation is 1. The Bertz CT molecular complexity index is 1330. The van der Waals surface area contributed by atoms with Crippen molar-refractivity contribution in [3.05, 3.63) is 47.4 Å². The average Bonchev–Trinajstić information content (AvgIpc) is 3.61. The number of rotatable bonds is 4. The van der Waals surface area contributed by atoms with Crippen LogP contribution in [0.1, 0.15) is 25.0 Å². The number of hydrogen-bond acceptors (Lipinski definition) is 6. The van der Waals surface area contributed by atoms with E-state index in [1.54, 1.807) is 6.20 Å². The second-order valence-corrected chi connectivity index (χ2v) is 8.67. The maximum absolute atomic E-state index is 16.1. The first-order valence-electron chi connectivity index (χ1n) is 11.1. The minimum absolute atomic E-state index is 0.140. The van der Waals surface area contributed by atoms with E-state index in [0.29, 0.717) is 34.4 Å². The molecule has 1 aromatic carbocycles. The van der Waals surface area contributed by atoms with Crippen LogP contribution in [0, 0.1) is 25.1 Å². The lowest BCUT2D eigenvalue weighted by atomic mass is 9.92. The van der Waals surface area contributed by atoms with Crippen LogP contribution in [0.25, 0.3) is 27.7 Å². The molecule has 2 aromatic heterocycles. The number of benzene rings is 1. The van der Waals surface area contributed by atoms with Crippen LogP contribution in [-0.2, 0) is 0 Å². The summed E-state index contributed by atoms with van der Waals surface area (Å²) in [5, 5.41) is 0.579. The molecule has 5 rings (SSSR count). The van der Waals surface area contributed by atoms with E-state index in [1.807, 2.05) is 38.1 Å². The van der Waals surface area contributed by atoms with Gasteiger partial charge in [-0.2, -0.15) is 9.97 Å². The van der Waals surface area contributed by atoms with Crippen molar-refractivity contribution in [1.29, 1.82) is 0 Å². The zero-order chi connectivity index (χ0) is 23.3. The van der Waals surface area contributed by atoms with Gasteiger partial charge in [-0.25, -0.2) is 4.39 Å². The summed E-state index contributed by atoms with van der Waals surface area (Å²) in [7, 11) is 1.50. The second-order valence-electron chi connectivity index (χ2n) is 8.67. The molecule has 7 heteroatoms. The summed E-state index contributed by atoms with van der Waals surface area (Å²) in [6.45, 7) is 8.78. The number of piperazine rings is 1. The number of ether oxygens (including phenoxy) is 1. The fourth-order valence-corrected chi connectivity index (χ4v) is 4.89. The number of allylic oxidation sites excluding steroid dienone is 2. The van der Waals surface area contributed by atoms with E-state index in [0.717, 1.165) is 30.8 Å². The molecule has 3 aromatic rings. The van der Waals surface area contributed by atoms with Crippen LogP contribution in [0.4, 0.5) is 10.2 Å². The van der Waals surface area contributed by atoms with Crippen LogP contribution in [-0.4, -0.2) is 58.7 Å². The Morgan fingerprint density at radius 1 is 1.27 bits per heavy atom.